The van der Waals surface area contributed by atoms with Crippen LogP contribution in [-0.2, 0) is 18.0 Å². The summed E-state index contributed by atoms with van der Waals surface area (Å²) in [6, 6.07) is 11.6. The summed E-state index contributed by atoms with van der Waals surface area (Å²) in [5.41, 5.74) is 7.82. The second-order valence-corrected chi connectivity index (χ2v) is 5.16. The number of hydrogen-bond acceptors (Lipinski definition) is 2. The molecule has 2 nitrogen and oxygen atoms in total. The maximum atomic E-state index is 13.3. The summed E-state index contributed by atoms with van der Waals surface area (Å²) >= 11 is 10.8. The van der Waals surface area contributed by atoms with Gasteiger partial charge in [0.2, 0.25) is 0 Å². The summed E-state index contributed by atoms with van der Waals surface area (Å²) in [5.74, 6) is -0.341. The van der Waals surface area contributed by atoms with E-state index >= 15 is 0 Å². The third kappa shape index (κ3) is 4.00. The van der Waals surface area contributed by atoms with Crippen LogP contribution in [0.2, 0.25) is 5.02 Å². The molecule has 0 bridgehead atoms. The first-order chi connectivity index (χ1) is 9.56. The standard InChI is InChI=1S/C15H13ClFNOS/c16-12-3-1-2-10(6-12)8-19-9-11-7-13(17)4-5-14(11)15(18)20/h1-7H,8-9H2,(H2,18,20). The van der Waals surface area contributed by atoms with E-state index in [0.717, 1.165) is 5.56 Å². The van der Waals surface area contributed by atoms with Gasteiger partial charge >= 0.3 is 0 Å². The zero-order chi connectivity index (χ0) is 14.5. The molecule has 5 heteroatoms. The van der Waals surface area contributed by atoms with Crippen molar-refractivity contribution in [1.82, 2.24) is 0 Å². The highest BCUT2D eigenvalue weighted by atomic mass is 35.5. The molecular weight excluding hydrogens is 297 g/mol. The quantitative estimate of drug-likeness (QED) is 0.853. The molecule has 0 heterocycles. The summed E-state index contributed by atoms with van der Waals surface area (Å²) < 4.78 is 18.8. The molecule has 2 aromatic rings. The van der Waals surface area contributed by atoms with E-state index in [2.05, 4.69) is 0 Å². The van der Waals surface area contributed by atoms with Crippen LogP contribution < -0.4 is 5.73 Å². The minimum absolute atomic E-state index is 0.228. The first kappa shape index (κ1) is 14.9. The van der Waals surface area contributed by atoms with Gasteiger partial charge in [-0.25, -0.2) is 4.39 Å². The minimum atomic E-state index is -0.341. The zero-order valence-corrected chi connectivity index (χ0v) is 12.2. The highest BCUT2D eigenvalue weighted by molar-refractivity contribution is 7.80. The van der Waals surface area contributed by atoms with Crippen molar-refractivity contribution in [2.24, 2.45) is 5.73 Å². The van der Waals surface area contributed by atoms with Gasteiger partial charge in [0, 0.05) is 10.6 Å². The van der Waals surface area contributed by atoms with E-state index < -0.39 is 0 Å². The maximum Gasteiger partial charge on any atom is 0.123 e. The van der Waals surface area contributed by atoms with Gasteiger partial charge in [-0.05, 0) is 41.5 Å². The van der Waals surface area contributed by atoms with Crippen molar-refractivity contribution in [3.8, 4) is 0 Å². The monoisotopic (exact) mass is 309 g/mol. The summed E-state index contributed by atoms with van der Waals surface area (Å²) in [4.78, 5) is 0.228. The van der Waals surface area contributed by atoms with Crippen molar-refractivity contribution in [1.29, 1.82) is 0 Å². The van der Waals surface area contributed by atoms with E-state index in [1.54, 1.807) is 12.1 Å². The minimum Gasteiger partial charge on any atom is -0.389 e. The fourth-order valence-corrected chi connectivity index (χ4v) is 2.24. The number of ether oxygens (including phenoxy) is 1. The van der Waals surface area contributed by atoms with Crippen molar-refractivity contribution in [3.63, 3.8) is 0 Å². The molecule has 0 saturated carbocycles. The molecule has 0 atom stereocenters. The van der Waals surface area contributed by atoms with Gasteiger partial charge in [-0.2, -0.15) is 0 Å². The lowest BCUT2D eigenvalue weighted by molar-refractivity contribution is 0.107. The largest absolute Gasteiger partial charge is 0.389 e. The molecule has 104 valence electrons. The van der Waals surface area contributed by atoms with Gasteiger partial charge in [-0.3, -0.25) is 0 Å². The summed E-state index contributed by atoms with van der Waals surface area (Å²) in [6.45, 7) is 0.616. The van der Waals surface area contributed by atoms with E-state index in [9.17, 15) is 4.39 Å². The predicted molar refractivity (Wildman–Crippen MR) is 82.2 cm³/mol. The van der Waals surface area contributed by atoms with Gasteiger partial charge in [0.05, 0.1) is 13.2 Å². The number of rotatable bonds is 5. The van der Waals surface area contributed by atoms with Crippen molar-refractivity contribution >= 4 is 28.8 Å². The highest BCUT2D eigenvalue weighted by Crippen LogP contribution is 2.15. The molecule has 0 spiro atoms. The second-order valence-electron chi connectivity index (χ2n) is 4.29. The first-order valence-electron chi connectivity index (χ1n) is 5.96. The average Bonchev–Trinajstić information content (AvgIpc) is 2.38. The molecule has 0 fully saturated rings. The van der Waals surface area contributed by atoms with Crippen molar-refractivity contribution < 1.29 is 9.13 Å². The normalized spacial score (nSPS) is 10.5. The van der Waals surface area contributed by atoms with Crippen LogP contribution in [0.5, 0.6) is 0 Å². The fourth-order valence-electron chi connectivity index (χ4n) is 1.83. The van der Waals surface area contributed by atoms with Crippen molar-refractivity contribution in [2.75, 3.05) is 0 Å². The van der Waals surface area contributed by atoms with Crippen LogP contribution in [0, 0.1) is 5.82 Å². The molecule has 0 radical (unpaired) electrons. The maximum absolute atomic E-state index is 13.3. The van der Waals surface area contributed by atoms with Gasteiger partial charge < -0.3 is 10.5 Å². The van der Waals surface area contributed by atoms with E-state index in [-0.39, 0.29) is 17.4 Å². The summed E-state index contributed by atoms with van der Waals surface area (Å²) in [6.07, 6.45) is 0. The Morgan fingerprint density at radius 2 is 2.00 bits per heavy atom. The summed E-state index contributed by atoms with van der Waals surface area (Å²) in [5, 5.41) is 0.653. The molecule has 0 amide bonds. The second kappa shape index (κ2) is 6.79. The topological polar surface area (TPSA) is 35.2 Å². The van der Waals surface area contributed by atoms with Crippen LogP contribution in [-0.4, -0.2) is 4.99 Å². The average molecular weight is 310 g/mol. The Labute approximate surface area is 127 Å². The van der Waals surface area contributed by atoms with Crippen LogP contribution in [0.15, 0.2) is 42.5 Å². The van der Waals surface area contributed by atoms with Gasteiger partial charge in [0.15, 0.2) is 0 Å². The zero-order valence-electron chi connectivity index (χ0n) is 10.6. The third-order valence-electron chi connectivity index (χ3n) is 2.75. The Morgan fingerprint density at radius 1 is 1.20 bits per heavy atom. The Hall–Kier alpha value is -1.49. The lowest BCUT2D eigenvalue weighted by Crippen LogP contribution is -2.13. The lowest BCUT2D eigenvalue weighted by atomic mass is 10.1. The molecule has 2 aromatic carbocycles. The molecule has 0 aliphatic carbocycles. The van der Waals surface area contributed by atoms with E-state index in [1.165, 1.54) is 12.1 Å². The number of nitrogens with two attached hydrogens (primary N) is 1. The summed E-state index contributed by atoms with van der Waals surface area (Å²) in [7, 11) is 0. The Morgan fingerprint density at radius 3 is 2.70 bits per heavy atom. The van der Waals surface area contributed by atoms with E-state index in [1.807, 2.05) is 18.2 Å². The lowest BCUT2D eigenvalue weighted by Gasteiger charge is -2.09. The molecule has 0 aromatic heterocycles. The van der Waals surface area contributed by atoms with Gasteiger partial charge in [0.25, 0.3) is 0 Å². The molecule has 20 heavy (non-hydrogen) atoms. The molecule has 0 unspecified atom stereocenters. The number of hydrogen-bond donors (Lipinski definition) is 1. The SMILES string of the molecule is NC(=S)c1ccc(F)cc1COCc1cccc(Cl)c1. The van der Waals surface area contributed by atoms with Gasteiger partial charge in [0.1, 0.15) is 10.8 Å². The molecule has 0 saturated heterocycles. The molecule has 0 aliphatic heterocycles. The number of halogens is 2. The highest BCUT2D eigenvalue weighted by Gasteiger charge is 2.07. The molecular formula is C15H13ClFNOS. The smallest absolute Gasteiger partial charge is 0.123 e. The molecule has 0 aliphatic rings. The van der Waals surface area contributed by atoms with Crippen LogP contribution in [0.3, 0.4) is 0 Å². The number of benzene rings is 2. The van der Waals surface area contributed by atoms with E-state index in [4.69, 9.17) is 34.3 Å². The van der Waals surface area contributed by atoms with Crippen LogP contribution in [0.25, 0.3) is 0 Å². The Balaban J connectivity index is 2.04. The third-order valence-corrected chi connectivity index (χ3v) is 3.20. The van der Waals surface area contributed by atoms with Crippen LogP contribution >= 0.6 is 23.8 Å². The Bertz CT molecular complexity index is 633. The van der Waals surface area contributed by atoms with Gasteiger partial charge in [-0.1, -0.05) is 36.0 Å². The molecule has 2 rings (SSSR count). The molecule has 2 N–H and O–H groups in total. The number of thiocarbonyl (C=S) groups is 1. The van der Waals surface area contributed by atoms with Crippen molar-refractivity contribution in [3.05, 3.63) is 70.0 Å². The first-order valence-corrected chi connectivity index (χ1v) is 6.75. The van der Waals surface area contributed by atoms with Crippen LogP contribution in [0.4, 0.5) is 4.39 Å². The fraction of sp³-hybridized carbons (Fsp3) is 0.133. The predicted octanol–water partition coefficient (Wildman–Crippen LogP) is 3.83. The van der Waals surface area contributed by atoms with Crippen molar-refractivity contribution in [2.45, 2.75) is 13.2 Å². The van der Waals surface area contributed by atoms with Crippen LogP contribution in [0.1, 0.15) is 16.7 Å². The Kier molecular flexibility index (Phi) is 5.06. The van der Waals surface area contributed by atoms with Gasteiger partial charge in [-0.15, -0.1) is 0 Å². The van der Waals surface area contributed by atoms with E-state index in [0.29, 0.717) is 22.8 Å².